The number of carbonyl (C=O) groups is 1. The molecule has 0 bridgehead atoms. The van der Waals surface area contributed by atoms with E-state index in [2.05, 4.69) is 41.4 Å². The molecule has 1 aliphatic heterocycles. The van der Waals surface area contributed by atoms with Crippen LogP contribution in [-0.2, 0) is 17.8 Å². The van der Waals surface area contributed by atoms with Crippen molar-refractivity contribution in [3.63, 3.8) is 0 Å². The lowest BCUT2D eigenvalue weighted by Gasteiger charge is -2.32. The van der Waals surface area contributed by atoms with Crippen LogP contribution in [-0.4, -0.2) is 19.0 Å². The Morgan fingerprint density at radius 2 is 1.96 bits per heavy atom. The Kier molecular flexibility index (Phi) is 6.26. The summed E-state index contributed by atoms with van der Waals surface area (Å²) < 4.78 is 13.6. The van der Waals surface area contributed by atoms with Crippen molar-refractivity contribution in [1.82, 2.24) is 5.32 Å². The number of aryl methyl sites for hydroxylation is 1. The van der Waals surface area contributed by atoms with Crippen molar-refractivity contribution < 1.29 is 9.18 Å². The van der Waals surface area contributed by atoms with Crippen molar-refractivity contribution in [2.24, 2.45) is 5.92 Å². The summed E-state index contributed by atoms with van der Waals surface area (Å²) in [6, 6.07) is 15.0. The molecule has 0 spiro atoms. The molecule has 138 valence electrons. The second-order valence-corrected chi connectivity index (χ2v) is 7.23. The number of halogens is 1. The SMILES string of the molecule is C[C@@H]1CCCN(c2ccc(CNC(=O)CCc3ccccc3F)cc2)C1. The van der Waals surface area contributed by atoms with E-state index >= 15 is 0 Å². The average molecular weight is 354 g/mol. The number of anilines is 1. The Bertz CT molecular complexity index is 729. The minimum absolute atomic E-state index is 0.0535. The predicted octanol–water partition coefficient (Wildman–Crippen LogP) is 4.31. The number of amides is 1. The molecular formula is C22H27FN2O. The number of benzene rings is 2. The highest BCUT2D eigenvalue weighted by Crippen LogP contribution is 2.23. The van der Waals surface area contributed by atoms with Crippen molar-refractivity contribution >= 4 is 11.6 Å². The normalized spacial score (nSPS) is 17.2. The third-order valence-electron chi connectivity index (χ3n) is 5.03. The molecule has 1 saturated heterocycles. The summed E-state index contributed by atoms with van der Waals surface area (Å²) in [6.45, 7) is 5.05. The summed E-state index contributed by atoms with van der Waals surface area (Å²) in [7, 11) is 0. The summed E-state index contributed by atoms with van der Waals surface area (Å²) in [5.41, 5.74) is 2.92. The van der Waals surface area contributed by atoms with Gasteiger partial charge in [-0.25, -0.2) is 4.39 Å². The van der Waals surface area contributed by atoms with Gasteiger partial charge in [0.25, 0.3) is 0 Å². The van der Waals surface area contributed by atoms with E-state index in [1.165, 1.54) is 24.6 Å². The zero-order chi connectivity index (χ0) is 18.4. The lowest BCUT2D eigenvalue weighted by atomic mass is 9.99. The molecule has 1 atom stereocenters. The van der Waals surface area contributed by atoms with E-state index in [9.17, 15) is 9.18 Å². The average Bonchev–Trinajstić information content (AvgIpc) is 2.66. The zero-order valence-electron chi connectivity index (χ0n) is 15.4. The van der Waals surface area contributed by atoms with Crippen LogP contribution in [0.15, 0.2) is 48.5 Å². The van der Waals surface area contributed by atoms with Crippen LogP contribution < -0.4 is 10.2 Å². The molecule has 1 amide bonds. The van der Waals surface area contributed by atoms with E-state index in [0.717, 1.165) is 24.6 Å². The maximum atomic E-state index is 13.6. The highest BCUT2D eigenvalue weighted by molar-refractivity contribution is 5.76. The molecule has 2 aromatic rings. The van der Waals surface area contributed by atoms with Gasteiger partial charge in [0.15, 0.2) is 0 Å². The highest BCUT2D eigenvalue weighted by atomic mass is 19.1. The van der Waals surface area contributed by atoms with E-state index in [1.54, 1.807) is 18.2 Å². The number of nitrogens with zero attached hydrogens (tertiary/aromatic N) is 1. The summed E-state index contributed by atoms with van der Waals surface area (Å²) in [6.07, 6.45) is 3.28. The number of rotatable bonds is 6. The van der Waals surface area contributed by atoms with Crippen LogP contribution >= 0.6 is 0 Å². The maximum absolute atomic E-state index is 13.6. The molecule has 3 nitrogen and oxygen atoms in total. The molecule has 1 aliphatic rings. The number of hydrogen-bond donors (Lipinski definition) is 1. The molecule has 2 aromatic carbocycles. The minimum Gasteiger partial charge on any atom is -0.371 e. The van der Waals surface area contributed by atoms with Crippen molar-refractivity contribution in [3.8, 4) is 0 Å². The van der Waals surface area contributed by atoms with Gasteiger partial charge in [-0.1, -0.05) is 37.3 Å². The topological polar surface area (TPSA) is 32.3 Å². The number of piperidine rings is 1. The van der Waals surface area contributed by atoms with Crippen LogP contribution in [0, 0.1) is 11.7 Å². The fourth-order valence-corrected chi connectivity index (χ4v) is 3.49. The van der Waals surface area contributed by atoms with Gasteiger partial charge in [0.05, 0.1) is 0 Å². The summed E-state index contributed by atoms with van der Waals surface area (Å²) in [5, 5.41) is 2.92. The number of nitrogens with one attached hydrogen (secondary N) is 1. The zero-order valence-corrected chi connectivity index (χ0v) is 15.4. The van der Waals surface area contributed by atoms with Crippen LogP contribution in [0.3, 0.4) is 0 Å². The van der Waals surface area contributed by atoms with Crippen LogP contribution in [0.4, 0.5) is 10.1 Å². The van der Waals surface area contributed by atoms with Gasteiger partial charge in [0, 0.05) is 31.7 Å². The minimum atomic E-state index is -0.247. The smallest absolute Gasteiger partial charge is 0.220 e. The van der Waals surface area contributed by atoms with Crippen molar-refractivity contribution in [2.75, 3.05) is 18.0 Å². The highest BCUT2D eigenvalue weighted by Gasteiger charge is 2.16. The summed E-state index contributed by atoms with van der Waals surface area (Å²) in [4.78, 5) is 14.4. The first-order valence-corrected chi connectivity index (χ1v) is 9.46. The second-order valence-electron chi connectivity index (χ2n) is 7.23. The Morgan fingerprint density at radius 3 is 2.69 bits per heavy atom. The number of carbonyl (C=O) groups excluding carboxylic acids is 1. The Labute approximate surface area is 155 Å². The number of hydrogen-bond acceptors (Lipinski definition) is 2. The molecule has 0 aliphatic carbocycles. The van der Waals surface area contributed by atoms with Gasteiger partial charge < -0.3 is 10.2 Å². The van der Waals surface area contributed by atoms with Gasteiger partial charge in [-0.15, -0.1) is 0 Å². The molecular weight excluding hydrogens is 327 g/mol. The molecule has 1 heterocycles. The molecule has 1 N–H and O–H groups in total. The van der Waals surface area contributed by atoms with E-state index in [4.69, 9.17) is 0 Å². The van der Waals surface area contributed by atoms with Crippen molar-refractivity contribution in [1.29, 1.82) is 0 Å². The Morgan fingerprint density at radius 1 is 1.19 bits per heavy atom. The van der Waals surface area contributed by atoms with Gasteiger partial charge in [-0.3, -0.25) is 4.79 Å². The van der Waals surface area contributed by atoms with Crippen LogP contribution in [0.2, 0.25) is 0 Å². The summed E-state index contributed by atoms with van der Waals surface area (Å²) in [5.74, 6) is 0.447. The third kappa shape index (κ3) is 5.07. The molecule has 1 fully saturated rings. The molecule has 0 saturated carbocycles. The first kappa shape index (κ1) is 18.4. The van der Waals surface area contributed by atoms with Gasteiger partial charge in [-0.2, -0.15) is 0 Å². The second kappa shape index (κ2) is 8.84. The fourth-order valence-electron chi connectivity index (χ4n) is 3.49. The largest absolute Gasteiger partial charge is 0.371 e. The molecule has 0 radical (unpaired) electrons. The molecule has 26 heavy (non-hydrogen) atoms. The standard InChI is InChI=1S/C22H27FN2O/c1-17-5-4-14-25(16-17)20-11-8-18(9-12-20)15-24-22(26)13-10-19-6-2-3-7-21(19)23/h2-3,6-9,11-12,17H,4-5,10,13-16H2,1H3,(H,24,26)/t17-/m1/s1. The van der Waals surface area contributed by atoms with Gasteiger partial charge in [0.1, 0.15) is 5.82 Å². The van der Waals surface area contributed by atoms with E-state index in [-0.39, 0.29) is 11.7 Å². The van der Waals surface area contributed by atoms with Crippen molar-refractivity contribution in [2.45, 2.75) is 39.2 Å². The van der Waals surface area contributed by atoms with Crippen LogP contribution in [0.1, 0.15) is 37.3 Å². The molecule has 4 heteroatoms. The Hall–Kier alpha value is -2.36. The van der Waals surface area contributed by atoms with Crippen molar-refractivity contribution in [3.05, 3.63) is 65.5 Å². The lowest BCUT2D eigenvalue weighted by Crippen LogP contribution is -2.34. The van der Waals surface area contributed by atoms with E-state index in [1.807, 2.05) is 0 Å². The molecule has 3 rings (SSSR count). The Balaban J connectivity index is 1.45. The monoisotopic (exact) mass is 354 g/mol. The maximum Gasteiger partial charge on any atom is 0.220 e. The van der Waals surface area contributed by atoms with Gasteiger partial charge in [0.2, 0.25) is 5.91 Å². The van der Waals surface area contributed by atoms with E-state index in [0.29, 0.717) is 24.9 Å². The fraction of sp³-hybridized carbons (Fsp3) is 0.409. The first-order valence-electron chi connectivity index (χ1n) is 9.46. The van der Waals surface area contributed by atoms with E-state index < -0.39 is 0 Å². The van der Waals surface area contributed by atoms with Crippen LogP contribution in [0.25, 0.3) is 0 Å². The third-order valence-corrected chi connectivity index (χ3v) is 5.03. The first-order chi connectivity index (χ1) is 12.6. The quantitative estimate of drug-likeness (QED) is 0.838. The lowest BCUT2D eigenvalue weighted by molar-refractivity contribution is -0.121. The van der Waals surface area contributed by atoms with Crippen LogP contribution in [0.5, 0.6) is 0 Å². The molecule has 0 unspecified atom stereocenters. The van der Waals surface area contributed by atoms with Gasteiger partial charge in [-0.05, 0) is 54.5 Å². The predicted molar refractivity (Wildman–Crippen MR) is 104 cm³/mol. The molecule has 0 aromatic heterocycles. The summed E-state index contributed by atoms with van der Waals surface area (Å²) >= 11 is 0. The van der Waals surface area contributed by atoms with Gasteiger partial charge >= 0.3 is 0 Å².